The number of benzene rings is 2. The summed E-state index contributed by atoms with van der Waals surface area (Å²) in [5.41, 5.74) is 3.61. The second-order valence-corrected chi connectivity index (χ2v) is 9.55. The zero-order chi connectivity index (χ0) is 23.8. The highest BCUT2D eigenvalue weighted by atomic mass is 16.2. The molecule has 0 aromatic heterocycles. The Balaban J connectivity index is 1.38. The van der Waals surface area contributed by atoms with Crippen molar-refractivity contribution in [3.05, 3.63) is 80.1 Å². The molecular weight excluding hydrogens is 416 g/mol. The predicted octanol–water partition coefficient (Wildman–Crippen LogP) is 3.99. The molecule has 2 amide bonds. The number of amides is 2. The number of hydrogen-bond acceptors (Lipinski definition) is 5. The van der Waals surface area contributed by atoms with Gasteiger partial charge in [-0.05, 0) is 41.7 Å². The number of aryl methyl sites for hydroxylation is 1. The van der Waals surface area contributed by atoms with E-state index < -0.39 is 10.9 Å². The third kappa shape index (κ3) is 4.62. The third-order valence-electron chi connectivity index (χ3n) is 6.18. The number of rotatable bonds is 4. The maximum atomic E-state index is 12.7. The number of piperazine rings is 1. The van der Waals surface area contributed by atoms with Crippen molar-refractivity contribution >= 4 is 28.8 Å². The molecule has 7 nitrogen and oxygen atoms in total. The number of nitrogens with one attached hydrogen (secondary N) is 2. The van der Waals surface area contributed by atoms with Crippen LogP contribution >= 0.6 is 0 Å². The van der Waals surface area contributed by atoms with Gasteiger partial charge in [0.25, 0.3) is 10.9 Å². The zero-order valence-electron chi connectivity index (χ0n) is 19.6. The Hall–Kier alpha value is -3.61. The summed E-state index contributed by atoms with van der Waals surface area (Å²) in [4.78, 5) is 40.9. The van der Waals surface area contributed by atoms with Crippen LogP contribution in [0.5, 0.6) is 0 Å². The molecule has 0 bridgehead atoms. The Kier molecular flexibility index (Phi) is 5.97. The molecule has 7 heteroatoms. The quantitative estimate of drug-likeness (QED) is 0.593. The molecule has 1 heterocycles. The summed E-state index contributed by atoms with van der Waals surface area (Å²) < 4.78 is 0. The van der Waals surface area contributed by atoms with Gasteiger partial charge in [-0.2, -0.15) is 0 Å². The van der Waals surface area contributed by atoms with E-state index in [0.717, 1.165) is 16.9 Å². The first kappa shape index (κ1) is 22.6. The molecule has 2 N–H and O–H groups in total. The molecule has 0 saturated carbocycles. The molecule has 1 fully saturated rings. The highest BCUT2D eigenvalue weighted by Crippen LogP contribution is 2.27. The lowest BCUT2D eigenvalue weighted by atomic mass is 9.87. The van der Waals surface area contributed by atoms with Crippen molar-refractivity contribution < 1.29 is 4.79 Å². The van der Waals surface area contributed by atoms with Crippen molar-refractivity contribution in [1.82, 2.24) is 4.90 Å². The minimum Gasteiger partial charge on any atom is -0.363 e. The molecule has 0 radical (unpaired) electrons. The van der Waals surface area contributed by atoms with Crippen LogP contribution in [0.4, 0.5) is 27.5 Å². The van der Waals surface area contributed by atoms with Gasteiger partial charge in [-0.15, -0.1) is 0 Å². The second-order valence-electron chi connectivity index (χ2n) is 9.55. The van der Waals surface area contributed by atoms with Crippen molar-refractivity contribution in [2.45, 2.75) is 33.1 Å². The number of carbonyl (C=O) groups is 1. The van der Waals surface area contributed by atoms with Gasteiger partial charge in [-0.1, -0.05) is 51.1 Å². The molecule has 1 saturated heterocycles. The number of urea groups is 1. The normalized spacial score (nSPS) is 14.4. The van der Waals surface area contributed by atoms with E-state index in [-0.39, 0.29) is 11.4 Å². The molecule has 33 heavy (non-hydrogen) atoms. The number of hydrogen-bond donors (Lipinski definition) is 2. The van der Waals surface area contributed by atoms with Gasteiger partial charge in [-0.3, -0.25) is 9.59 Å². The summed E-state index contributed by atoms with van der Waals surface area (Å²) in [6, 6.07) is 15.4. The van der Waals surface area contributed by atoms with Crippen LogP contribution in [0.3, 0.4) is 0 Å². The molecule has 0 spiro atoms. The summed E-state index contributed by atoms with van der Waals surface area (Å²) in [6.07, 6.45) is 0. The molecule has 1 aliphatic heterocycles. The van der Waals surface area contributed by atoms with Crippen LogP contribution < -0.4 is 26.4 Å². The van der Waals surface area contributed by atoms with Gasteiger partial charge in [0.2, 0.25) is 0 Å². The van der Waals surface area contributed by atoms with Crippen molar-refractivity contribution in [2.24, 2.45) is 0 Å². The Morgan fingerprint density at radius 3 is 2.12 bits per heavy atom. The van der Waals surface area contributed by atoms with Crippen molar-refractivity contribution in [1.29, 1.82) is 0 Å². The number of carbonyl (C=O) groups excluding carboxylic acids is 1. The molecule has 3 aromatic carbocycles. The van der Waals surface area contributed by atoms with Crippen molar-refractivity contribution in [2.75, 3.05) is 41.7 Å². The fourth-order valence-electron chi connectivity index (χ4n) is 4.03. The van der Waals surface area contributed by atoms with E-state index in [9.17, 15) is 14.4 Å². The second kappa shape index (κ2) is 8.73. The van der Waals surface area contributed by atoms with E-state index in [1.807, 2.05) is 60.4 Å². The molecule has 1 aliphatic rings. The smallest absolute Gasteiger partial charge is 0.321 e. The Morgan fingerprint density at radius 1 is 0.879 bits per heavy atom. The SMILES string of the molecule is Cc1ccccc1Nc1c(N2CCN(C(=O)Nc3ccc(C(C)(C)C)cc3)CC2)c(=O)c1=O. The summed E-state index contributed by atoms with van der Waals surface area (Å²) in [5.74, 6) is 0. The van der Waals surface area contributed by atoms with Crippen molar-refractivity contribution in [3.63, 3.8) is 0 Å². The fourth-order valence-corrected chi connectivity index (χ4v) is 4.03. The highest BCUT2D eigenvalue weighted by Gasteiger charge is 2.30. The van der Waals surface area contributed by atoms with E-state index in [1.165, 1.54) is 5.56 Å². The average Bonchev–Trinajstić information content (AvgIpc) is 2.79. The first-order chi connectivity index (χ1) is 15.6. The minimum absolute atomic E-state index is 0.0564. The topological polar surface area (TPSA) is 81.8 Å². The van der Waals surface area contributed by atoms with Gasteiger partial charge in [0.15, 0.2) is 0 Å². The maximum Gasteiger partial charge on any atom is 0.321 e. The van der Waals surface area contributed by atoms with Gasteiger partial charge in [0.05, 0.1) is 0 Å². The fraction of sp³-hybridized carbons (Fsp3) is 0.346. The Morgan fingerprint density at radius 2 is 1.52 bits per heavy atom. The Labute approximate surface area is 193 Å². The molecular formula is C26H30N4O3. The van der Waals surface area contributed by atoms with Crippen molar-refractivity contribution in [3.8, 4) is 0 Å². The third-order valence-corrected chi connectivity index (χ3v) is 6.18. The molecule has 4 rings (SSSR count). The lowest BCUT2D eigenvalue weighted by molar-refractivity contribution is 0.208. The van der Waals surface area contributed by atoms with Crippen LogP contribution in [0.2, 0.25) is 0 Å². The summed E-state index contributed by atoms with van der Waals surface area (Å²) in [6.45, 7) is 10.3. The van der Waals surface area contributed by atoms with Gasteiger partial charge in [0, 0.05) is 37.6 Å². The largest absolute Gasteiger partial charge is 0.363 e. The van der Waals surface area contributed by atoms with Crippen LogP contribution in [0.15, 0.2) is 58.1 Å². The van der Waals surface area contributed by atoms with E-state index in [0.29, 0.717) is 37.6 Å². The van der Waals surface area contributed by atoms with Crippen LogP contribution in [-0.4, -0.2) is 37.1 Å². The van der Waals surface area contributed by atoms with E-state index in [4.69, 9.17) is 0 Å². The summed E-state index contributed by atoms with van der Waals surface area (Å²) >= 11 is 0. The molecule has 0 unspecified atom stereocenters. The monoisotopic (exact) mass is 446 g/mol. The number of nitrogens with zero attached hydrogens (tertiary/aromatic N) is 2. The summed E-state index contributed by atoms with van der Waals surface area (Å²) in [7, 11) is 0. The van der Waals surface area contributed by atoms with E-state index in [2.05, 4.69) is 31.4 Å². The lowest BCUT2D eigenvalue weighted by Gasteiger charge is -2.37. The summed E-state index contributed by atoms with van der Waals surface area (Å²) in [5, 5.41) is 6.08. The van der Waals surface area contributed by atoms with Gasteiger partial charge in [-0.25, -0.2) is 4.79 Å². The lowest BCUT2D eigenvalue weighted by Crippen LogP contribution is -2.53. The number of anilines is 4. The predicted molar refractivity (Wildman–Crippen MR) is 134 cm³/mol. The Bertz CT molecular complexity index is 1230. The van der Waals surface area contributed by atoms with E-state index >= 15 is 0 Å². The molecule has 172 valence electrons. The maximum absolute atomic E-state index is 12.7. The first-order valence-corrected chi connectivity index (χ1v) is 11.2. The molecule has 0 atom stereocenters. The van der Waals surface area contributed by atoms with Gasteiger partial charge >= 0.3 is 6.03 Å². The van der Waals surface area contributed by atoms with Gasteiger partial charge < -0.3 is 20.4 Å². The van der Waals surface area contributed by atoms with Gasteiger partial charge in [0.1, 0.15) is 11.4 Å². The van der Waals surface area contributed by atoms with E-state index in [1.54, 1.807) is 4.90 Å². The molecule has 3 aromatic rings. The average molecular weight is 447 g/mol. The minimum atomic E-state index is -0.493. The number of para-hydroxylation sites is 1. The highest BCUT2D eigenvalue weighted by molar-refractivity contribution is 5.89. The van der Waals surface area contributed by atoms with Crippen LogP contribution in [-0.2, 0) is 5.41 Å². The first-order valence-electron chi connectivity index (χ1n) is 11.2. The van der Waals surface area contributed by atoms with Crippen LogP contribution in [0, 0.1) is 6.92 Å². The van der Waals surface area contributed by atoms with Crippen LogP contribution in [0.1, 0.15) is 31.9 Å². The van der Waals surface area contributed by atoms with Crippen LogP contribution in [0.25, 0.3) is 0 Å². The zero-order valence-corrected chi connectivity index (χ0v) is 19.6. The standard InChI is InChI=1S/C26H30N4O3/c1-17-7-5-6-8-20(17)28-21-22(24(32)23(21)31)29-13-15-30(16-14-29)25(33)27-19-11-9-18(10-12-19)26(2,3)4/h5-12,28H,13-16H2,1-4H3,(H,27,33). The molecule has 0 aliphatic carbocycles.